The number of ether oxygens (including phenoxy) is 1. The highest BCUT2D eigenvalue weighted by Crippen LogP contribution is 2.44. The molecular formula is C28H30N6O3. The van der Waals surface area contributed by atoms with Gasteiger partial charge in [-0.15, -0.1) is 5.10 Å². The number of hydrogen-bond acceptors (Lipinski definition) is 5. The van der Waals surface area contributed by atoms with Crippen molar-refractivity contribution in [3.8, 4) is 28.3 Å². The van der Waals surface area contributed by atoms with Crippen LogP contribution in [0.4, 0.5) is 0 Å². The van der Waals surface area contributed by atoms with Crippen LogP contribution in [0.5, 0.6) is 5.88 Å². The maximum atomic E-state index is 13.5. The maximum absolute atomic E-state index is 13.5. The minimum absolute atomic E-state index is 0.00616. The van der Waals surface area contributed by atoms with Gasteiger partial charge in [-0.05, 0) is 24.0 Å². The molecule has 0 spiro atoms. The summed E-state index contributed by atoms with van der Waals surface area (Å²) in [6, 6.07) is 8.34. The van der Waals surface area contributed by atoms with Crippen LogP contribution in [0.3, 0.4) is 0 Å². The number of aryl methyl sites for hydroxylation is 2. The molecule has 190 valence electrons. The lowest BCUT2D eigenvalue weighted by atomic mass is 9.98. The van der Waals surface area contributed by atoms with E-state index in [0.717, 1.165) is 70.1 Å². The Bertz CT molecular complexity index is 1690. The number of aromatic amines is 1. The quantitative estimate of drug-likeness (QED) is 0.361. The van der Waals surface area contributed by atoms with Gasteiger partial charge in [0.2, 0.25) is 5.88 Å². The highest BCUT2D eigenvalue weighted by molar-refractivity contribution is 6.14. The fraction of sp³-hybridized carbons (Fsp3) is 0.321. The van der Waals surface area contributed by atoms with E-state index < -0.39 is 0 Å². The Balaban J connectivity index is 1.72. The molecule has 0 saturated heterocycles. The SMILES string of the molecule is COc1nn(C)cc1-c1[nH]c2ncc3c(c2c1-c1ccc(/C=C\CO)cc1)n(C1CCCC1)c(=O)n3C. The second-order valence-corrected chi connectivity index (χ2v) is 9.67. The van der Waals surface area contributed by atoms with E-state index in [-0.39, 0.29) is 18.3 Å². The van der Waals surface area contributed by atoms with Gasteiger partial charge in [-0.25, -0.2) is 9.78 Å². The van der Waals surface area contributed by atoms with Crippen LogP contribution < -0.4 is 10.4 Å². The first-order chi connectivity index (χ1) is 18.0. The average Bonchev–Trinajstić information content (AvgIpc) is 3.69. The molecule has 1 saturated carbocycles. The lowest BCUT2D eigenvalue weighted by Crippen LogP contribution is -2.24. The number of hydrogen-bond donors (Lipinski definition) is 2. The summed E-state index contributed by atoms with van der Waals surface area (Å²) in [5.41, 5.74) is 7.02. The molecule has 0 unspecified atom stereocenters. The summed E-state index contributed by atoms with van der Waals surface area (Å²) in [5, 5.41) is 14.6. The number of aliphatic hydroxyl groups excluding tert-OH is 1. The van der Waals surface area contributed by atoms with Crippen LogP contribution in [0.2, 0.25) is 0 Å². The monoisotopic (exact) mass is 498 g/mol. The van der Waals surface area contributed by atoms with Gasteiger partial charge in [0.15, 0.2) is 0 Å². The second kappa shape index (κ2) is 9.08. The predicted octanol–water partition coefficient (Wildman–Crippen LogP) is 4.41. The Hall–Kier alpha value is -4.11. The van der Waals surface area contributed by atoms with Crippen molar-refractivity contribution in [3.05, 3.63) is 58.8 Å². The fourth-order valence-corrected chi connectivity index (χ4v) is 5.71. The Morgan fingerprint density at radius 1 is 1.19 bits per heavy atom. The van der Waals surface area contributed by atoms with E-state index in [1.807, 2.05) is 43.1 Å². The Kier molecular flexibility index (Phi) is 5.72. The summed E-state index contributed by atoms with van der Waals surface area (Å²) < 4.78 is 11.1. The van der Waals surface area contributed by atoms with Gasteiger partial charge in [0.25, 0.3) is 0 Å². The van der Waals surface area contributed by atoms with E-state index in [1.54, 1.807) is 28.6 Å². The number of imidazole rings is 1. The Morgan fingerprint density at radius 2 is 1.95 bits per heavy atom. The number of aromatic nitrogens is 6. The maximum Gasteiger partial charge on any atom is 0.329 e. The number of fused-ring (bicyclic) bond motifs is 3. The first-order valence-corrected chi connectivity index (χ1v) is 12.6. The molecule has 1 aliphatic rings. The van der Waals surface area contributed by atoms with E-state index in [2.05, 4.69) is 22.2 Å². The number of benzene rings is 1. The molecule has 6 rings (SSSR count). The predicted molar refractivity (Wildman–Crippen MR) is 145 cm³/mol. The van der Waals surface area contributed by atoms with Crippen molar-refractivity contribution < 1.29 is 9.84 Å². The Labute approximate surface area is 213 Å². The molecule has 0 amide bonds. The van der Waals surface area contributed by atoms with Gasteiger partial charge >= 0.3 is 5.69 Å². The van der Waals surface area contributed by atoms with Crippen molar-refractivity contribution >= 4 is 28.1 Å². The zero-order valence-corrected chi connectivity index (χ0v) is 21.2. The molecule has 0 atom stereocenters. The standard InChI is InChI=1S/C28H30N6O3/c1-32-16-20(27(31-32)37-3)24-22(18-12-10-17(11-13-18)7-6-14-35)23-25-21(15-29-26(23)30-24)33(2)28(36)34(25)19-8-4-5-9-19/h6-7,10-13,15-16,19,35H,4-5,8-9,14H2,1-3H3,(H,29,30)/b7-6-. The number of methoxy groups -OCH3 is 1. The van der Waals surface area contributed by atoms with E-state index in [9.17, 15) is 4.79 Å². The third kappa shape index (κ3) is 3.69. The first kappa shape index (κ1) is 23.3. The van der Waals surface area contributed by atoms with Gasteiger partial charge in [0.1, 0.15) is 5.65 Å². The largest absolute Gasteiger partial charge is 0.479 e. The summed E-state index contributed by atoms with van der Waals surface area (Å²) in [6.45, 7) is -0.00843. The van der Waals surface area contributed by atoms with Gasteiger partial charge in [-0.1, -0.05) is 49.3 Å². The zero-order chi connectivity index (χ0) is 25.7. The number of aliphatic hydroxyl groups is 1. The van der Waals surface area contributed by atoms with Gasteiger partial charge < -0.3 is 14.8 Å². The highest BCUT2D eigenvalue weighted by Gasteiger charge is 2.28. The third-order valence-electron chi connectivity index (χ3n) is 7.43. The van der Waals surface area contributed by atoms with Crippen LogP contribution in [0.25, 0.3) is 50.5 Å². The molecule has 0 aliphatic heterocycles. The van der Waals surface area contributed by atoms with Gasteiger partial charge in [-0.3, -0.25) is 13.8 Å². The van der Waals surface area contributed by atoms with Crippen LogP contribution in [0.15, 0.2) is 47.5 Å². The van der Waals surface area contributed by atoms with Crippen LogP contribution in [0, 0.1) is 0 Å². The average molecular weight is 499 g/mol. The minimum atomic E-state index is -0.00843. The van der Waals surface area contributed by atoms with Crippen LogP contribution >= 0.6 is 0 Å². The van der Waals surface area contributed by atoms with Crippen molar-refractivity contribution in [3.63, 3.8) is 0 Å². The molecule has 1 aliphatic carbocycles. The number of pyridine rings is 1. The molecule has 4 heterocycles. The molecule has 0 radical (unpaired) electrons. The topological polar surface area (TPSA) is 103 Å². The van der Waals surface area contributed by atoms with E-state index in [1.165, 1.54) is 0 Å². The van der Waals surface area contributed by atoms with Crippen molar-refractivity contribution in [2.24, 2.45) is 14.1 Å². The fourth-order valence-electron chi connectivity index (χ4n) is 5.71. The zero-order valence-electron chi connectivity index (χ0n) is 21.2. The summed E-state index contributed by atoms with van der Waals surface area (Å²) >= 11 is 0. The molecule has 9 nitrogen and oxygen atoms in total. The number of nitrogens with one attached hydrogen (secondary N) is 1. The molecule has 2 N–H and O–H groups in total. The summed E-state index contributed by atoms with van der Waals surface area (Å²) in [5.74, 6) is 0.510. The molecule has 37 heavy (non-hydrogen) atoms. The van der Waals surface area contributed by atoms with Crippen LogP contribution in [-0.2, 0) is 14.1 Å². The van der Waals surface area contributed by atoms with Gasteiger partial charge in [-0.2, -0.15) is 0 Å². The van der Waals surface area contributed by atoms with Crippen molar-refractivity contribution in [2.45, 2.75) is 31.7 Å². The summed E-state index contributed by atoms with van der Waals surface area (Å²) in [7, 11) is 5.30. The molecule has 1 fully saturated rings. The van der Waals surface area contributed by atoms with Crippen LogP contribution in [0.1, 0.15) is 37.3 Å². The lowest BCUT2D eigenvalue weighted by molar-refractivity contribution is 0.343. The normalized spacial score (nSPS) is 14.6. The molecule has 5 aromatic rings. The van der Waals surface area contributed by atoms with Crippen molar-refractivity contribution in [1.82, 2.24) is 28.9 Å². The van der Waals surface area contributed by atoms with Gasteiger partial charge in [0, 0.05) is 31.9 Å². The van der Waals surface area contributed by atoms with Crippen molar-refractivity contribution in [2.75, 3.05) is 13.7 Å². The minimum Gasteiger partial charge on any atom is -0.479 e. The molecular weight excluding hydrogens is 468 g/mol. The Morgan fingerprint density at radius 3 is 2.65 bits per heavy atom. The summed E-state index contributed by atoms with van der Waals surface area (Å²) in [6.07, 6.45) is 11.6. The first-order valence-electron chi connectivity index (χ1n) is 12.6. The number of H-pyrrole nitrogens is 1. The van der Waals surface area contributed by atoms with Crippen molar-refractivity contribution in [1.29, 1.82) is 0 Å². The smallest absolute Gasteiger partial charge is 0.329 e. The number of nitrogens with zero attached hydrogens (tertiary/aromatic N) is 5. The number of rotatable bonds is 6. The molecule has 9 heteroatoms. The summed E-state index contributed by atoms with van der Waals surface area (Å²) in [4.78, 5) is 21.8. The van der Waals surface area contributed by atoms with Crippen LogP contribution in [-0.4, -0.2) is 47.7 Å². The second-order valence-electron chi connectivity index (χ2n) is 9.67. The van der Waals surface area contributed by atoms with E-state index in [4.69, 9.17) is 14.8 Å². The van der Waals surface area contributed by atoms with Gasteiger partial charge in [0.05, 0.1) is 47.6 Å². The third-order valence-corrected chi connectivity index (χ3v) is 7.43. The highest BCUT2D eigenvalue weighted by atomic mass is 16.5. The molecule has 1 aromatic carbocycles. The molecule has 0 bridgehead atoms. The lowest BCUT2D eigenvalue weighted by Gasteiger charge is -2.13. The van der Waals surface area contributed by atoms with E-state index >= 15 is 0 Å². The molecule has 4 aromatic heterocycles. The van der Waals surface area contributed by atoms with E-state index in [0.29, 0.717) is 11.5 Å².